The van der Waals surface area contributed by atoms with Crippen molar-refractivity contribution in [2.24, 2.45) is 0 Å². The third-order valence-electron chi connectivity index (χ3n) is 4.12. The van der Waals surface area contributed by atoms with E-state index in [1.54, 1.807) is 56.4 Å². The predicted molar refractivity (Wildman–Crippen MR) is 108 cm³/mol. The SMILES string of the molecule is COc1ccc(Cl)cc1NC(=O)[C@@H](C)[NH+](C)CC(=O)Nc1ccc(Cl)cc1. The highest BCUT2D eigenvalue weighted by Crippen LogP contribution is 2.27. The summed E-state index contributed by atoms with van der Waals surface area (Å²) < 4.78 is 5.23. The number of benzene rings is 2. The van der Waals surface area contributed by atoms with E-state index in [1.807, 2.05) is 0 Å². The molecule has 0 aliphatic carbocycles. The molecule has 6 nitrogen and oxygen atoms in total. The van der Waals surface area contributed by atoms with Crippen molar-refractivity contribution in [3.63, 3.8) is 0 Å². The van der Waals surface area contributed by atoms with Crippen LogP contribution in [0.15, 0.2) is 42.5 Å². The Morgan fingerprint density at radius 3 is 2.33 bits per heavy atom. The topological polar surface area (TPSA) is 71.9 Å². The largest absolute Gasteiger partial charge is 0.495 e. The smallest absolute Gasteiger partial charge is 0.282 e. The Balaban J connectivity index is 1.94. The molecular formula is C19H22Cl2N3O3+. The third kappa shape index (κ3) is 6.13. The molecule has 0 saturated heterocycles. The predicted octanol–water partition coefficient (Wildman–Crippen LogP) is 2.48. The number of ether oxygens (including phenoxy) is 1. The Morgan fingerprint density at radius 1 is 1.07 bits per heavy atom. The van der Waals surface area contributed by atoms with Gasteiger partial charge in [0.15, 0.2) is 12.6 Å². The zero-order valence-electron chi connectivity index (χ0n) is 15.3. The van der Waals surface area contributed by atoms with Gasteiger partial charge in [0.25, 0.3) is 11.8 Å². The van der Waals surface area contributed by atoms with Gasteiger partial charge in [0.1, 0.15) is 5.75 Å². The Bertz CT molecular complexity index is 812. The average molecular weight is 411 g/mol. The molecule has 0 aromatic heterocycles. The average Bonchev–Trinajstić information content (AvgIpc) is 2.63. The lowest BCUT2D eigenvalue weighted by Crippen LogP contribution is -3.14. The van der Waals surface area contributed by atoms with Gasteiger partial charge in [-0.25, -0.2) is 0 Å². The normalized spacial score (nSPS) is 12.8. The van der Waals surface area contributed by atoms with Gasteiger partial charge < -0.3 is 20.3 Å². The maximum atomic E-state index is 12.5. The lowest BCUT2D eigenvalue weighted by atomic mass is 10.2. The molecule has 2 aromatic rings. The summed E-state index contributed by atoms with van der Waals surface area (Å²) in [5.41, 5.74) is 1.14. The maximum Gasteiger partial charge on any atom is 0.282 e. The number of hydrogen-bond donors (Lipinski definition) is 3. The van der Waals surface area contributed by atoms with Crippen LogP contribution in [0.4, 0.5) is 11.4 Å². The number of amides is 2. The lowest BCUT2D eigenvalue weighted by Gasteiger charge is -2.21. The summed E-state index contributed by atoms with van der Waals surface area (Å²) in [6, 6.07) is 11.3. The molecule has 0 aliphatic rings. The van der Waals surface area contributed by atoms with Crippen LogP contribution < -0.4 is 20.3 Å². The summed E-state index contributed by atoms with van der Waals surface area (Å²) in [7, 11) is 3.29. The molecule has 2 aromatic carbocycles. The Labute approximate surface area is 168 Å². The van der Waals surface area contributed by atoms with Gasteiger partial charge in [-0.15, -0.1) is 0 Å². The zero-order valence-corrected chi connectivity index (χ0v) is 16.8. The minimum absolute atomic E-state index is 0.129. The molecule has 8 heteroatoms. The van der Waals surface area contributed by atoms with E-state index in [-0.39, 0.29) is 18.4 Å². The maximum absolute atomic E-state index is 12.5. The van der Waals surface area contributed by atoms with Crippen LogP contribution in [0.25, 0.3) is 0 Å². The van der Waals surface area contributed by atoms with Crippen molar-refractivity contribution in [1.82, 2.24) is 0 Å². The molecule has 0 fully saturated rings. The van der Waals surface area contributed by atoms with Gasteiger partial charge in [0.2, 0.25) is 0 Å². The first-order valence-corrected chi connectivity index (χ1v) is 9.08. The number of carbonyl (C=O) groups is 2. The van der Waals surface area contributed by atoms with Gasteiger partial charge in [-0.05, 0) is 49.4 Å². The van der Waals surface area contributed by atoms with E-state index < -0.39 is 6.04 Å². The van der Waals surface area contributed by atoms with Gasteiger partial charge in [-0.3, -0.25) is 9.59 Å². The first-order chi connectivity index (χ1) is 12.8. The number of halogens is 2. The van der Waals surface area contributed by atoms with Crippen LogP contribution in [0.5, 0.6) is 5.75 Å². The highest BCUT2D eigenvalue weighted by Gasteiger charge is 2.25. The fourth-order valence-electron chi connectivity index (χ4n) is 2.39. The number of likely N-dealkylation sites (N-methyl/N-ethyl adjacent to an activating group) is 1. The lowest BCUT2D eigenvalue weighted by molar-refractivity contribution is -0.885. The Morgan fingerprint density at radius 2 is 1.70 bits per heavy atom. The summed E-state index contributed by atoms with van der Waals surface area (Å²) in [6.45, 7) is 1.88. The van der Waals surface area contributed by atoms with Gasteiger partial charge >= 0.3 is 0 Å². The van der Waals surface area contributed by atoms with Gasteiger partial charge in [-0.2, -0.15) is 0 Å². The van der Waals surface area contributed by atoms with Crippen molar-refractivity contribution >= 4 is 46.4 Å². The van der Waals surface area contributed by atoms with Crippen molar-refractivity contribution < 1.29 is 19.2 Å². The summed E-state index contributed by atoms with van der Waals surface area (Å²) in [5.74, 6) is 0.0697. The van der Waals surface area contributed by atoms with Gasteiger partial charge in [0.05, 0.1) is 19.8 Å². The van der Waals surface area contributed by atoms with E-state index in [1.165, 1.54) is 7.11 Å². The highest BCUT2D eigenvalue weighted by atomic mass is 35.5. The highest BCUT2D eigenvalue weighted by molar-refractivity contribution is 6.31. The number of nitrogens with one attached hydrogen (secondary N) is 3. The second-order valence-corrected chi connectivity index (χ2v) is 7.01. The third-order valence-corrected chi connectivity index (χ3v) is 4.61. The van der Waals surface area contributed by atoms with Crippen LogP contribution in [-0.4, -0.2) is 38.6 Å². The molecule has 3 N–H and O–H groups in total. The van der Waals surface area contributed by atoms with Crippen molar-refractivity contribution in [2.45, 2.75) is 13.0 Å². The standard InChI is InChI=1S/C19H21Cl2N3O3/c1-12(19(26)23-16-10-14(21)6-9-17(16)27-3)24(2)11-18(25)22-15-7-4-13(20)5-8-15/h4-10,12H,11H2,1-3H3,(H,22,25)(H,23,26)/p+1/t12-/m1/s1. The van der Waals surface area contributed by atoms with Crippen molar-refractivity contribution in [1.29, 1.82) is 0 Å². The van der Waals surface area contributed by atoms with E-state index in [2.05, 4.69) is 10.6 Å². The number of methoxy groups -OCH3 is 1. The quantitative estimate of drug-likeness (QED) is 0.656. The van der Waals surface area contributed by atoms with Crippen LogP contribution in [-0.2, 0) is 9.59 Å². The first kappa shape index (κ1) is 21.0. The molecule has 0 radical (unpaired) electrons. The molecular weight excluding hydrogens is 389 g/mol. The minimum atomic E-state index is -0.468. The van der Waals surface area contributed by atoms with Crippen LogP contribution in [0, 0.1) is 0 Å². The number of carbonyl (C=O) groups excluding carboxylic acids is 2. The van der Waals surface area contributed by atoms with E-state index >= 15 is 0 Å². The van der Waals surface area contributed by atoms with Gasteiger partial charge in [0, 0.05) is 15.7 Å². The number of hydrogen-bond acceptors (Lipinski definition) is 3. The van der Waals surface area contributed by atoms with Crippen molar-refractivity contribution in [2.75, 3.05) is 31.3 Å². The molecule has 0 heterocycles. The van der Waals surface area contributed by atoms with Crippen LogP contribution in [0.1, 0.15) is 6.92 Å². The summed E-state index contributed by atoms with van der Waals surface area (Å²) in [6.07, 6.45) is 0. The van der Waals surface area contributed by atoms with Crippen LogP contribution >= 0.6 is 23.2 Å². The minimum Gasteiger partial charge on any atom is -0.495 e. The Kier molecular flexibility index (Phi) is 7.47. The molecule has 2 amide bonds. The van der Waals surface area contributed by atoms with E-state index in [4.69, 9.17) is 27.9 Å². The second-order valence-electron chi connectivity index (χ2n) is 6.13. The molecule has 0 bridgehead atoms. The summed E-state index contributed by atoms with van der Waals surface area (Å²) in [4.78, 5) is 25.5. The summed E-state index contributed by atoms with van der Waals surface area (Å²) >= 11 is 11.8. The summed E-state index contributed by atoms with van der Waals surface area (Å²) in [5, 5.41) is 6.66. The first-order valence-electron chi connectivity index (χ1n) is 8.32. The van der Waals surface area contributed by atoms with E-state index in [0.29, 0.717) is 27.2 Å². The van der Waals surface area contributed by atoms with E-state index in [9.17, 15) is 9.59 Å². The van der Waals surface area contributed by atoms with Crippen LogP contribution in [0.3, 0.4) is 0 Å². The molecule has 27 heavy (non-hydrogen) atoms. The number of rotatable bonds is 7. The molecule has 0 aliphatic heterocycles. The van der Waals surface area contributed by atoms with Crippen LogP contribution in [0.2, 0.25) is 10.0 Å². The van der Waals surface area contributed by atoms with Crippen molar-refractivity contribution in [3.05, 3.63) is 52.5 Å². The molecule has 1 unspecified atom stereocenters. The van der Waals surface area contributed by atoms with Gasteiger partial charge in [-0.1, -0.05) is 23.2 Å². The molecule has 2 rings (SSSR count). The molecule has 0 spiro atoms. The fraction of sp³-hybridized carbons (Fsp3) is 0.263. The zero-order chi connectivity index (χ0) is 20.0. The number of anilines is 2. The molecule has 2 atom stereocenters. The number of quaternary nitrogens is 1. The Hall–Kier alpha value is -2.28. The van der Waals surface area contributed by atoms with E-state index in [0.717, 1.165) is 4.90 Å². The molecule has 0 saturated carbocycles. The second kappa shape index (κ2) is 9.60. The monoisotopic (exact) mass is 410 g/mol. The fourth-order valence-corrected chi connectivity index (χ4v) is 2.69. The molecule has 144 valence electrons. The van der Waals surface area contributed by atoms with Crippen molar-refractivity contribution in [3.8, 4) is 5.75 Å².